The van der Waals surface area contributed by atoms with E-state index in [-0.39, 0.29) is 36.4 Å². The van der Waals surface area contributed by atoms with Gasteiger partial charge in [-0.15, -0.1) is 0 Å². The van der Waals surface area contributed by atoms with Crippen LogP contribution in [0.5, 0.6) is 0 Å². The molecule has 0 saturated carbocycles. The molecule has 2 fully saturated rings. The van der Waals surface area contributed by atoms with Gasteiger partial charge in [-0.2, -0.15) is 4.31 Å². The van der Waals surface area contributed by atoms with E-state index in [1.165, 1.54) is 37.3 Å². The summed E-state index contributed by atoms with van der Waals surface area (Å²) in [5, 5.41) is 10.4. The molecular weight excluding hydrogens is 665 g/mol. The van der Waals surface area contributed by atoms with E-state index in [0.29, 0.717) is 41.5 Å². The minimum Gasteiger partial charge on any atom is -0.391 e. The van der Waals surface area contributed by atoms with Gasteiger partial charge in [0.1, 0.15) is 17.9 Å². The summed E-state index contributed by atoms with van der Waals surface area (Å²) in [4.78, 5) is 43.5. The fraction of sp³-hybridized carbons (Fsp3) is 0.344. The van der Waals surface area contributed by atoms with E-state index in [4.69, 9.17) is 23.2 Å². The molecule has 0 aliphatic carbocycles. The predicted octanol–water partition coefficient (Wildman–Crippen LogP) is 4.03. The lowest BCUT2D eigenvalue weighted by molar-refractivity contribution is -0.134. The van der Waals surface area contributed by atoms with E-state index in [0.717, 1.165) is 16.7 Å². The van der Waals surface area contributed by atoms with Gasteiger partial charge in [0.2, 0.25) is 11.9 Å². The molecule has 2 aromatic carbocycles. The number of carbonyl (C=O) groups is 2. The number of rotatable bonds is 7. The highest BCUT2D eigenvalue weighted by Gasteiger charge is 2.53. The summed E-state index contributed by atoms with van der Waals surface area (Å²) < 4.78 is 31.7. The van der Waals surface area contributed by atoms with Gasteiger partial charge in [-0.05, 0) is 55.5 Å². The van der Waals surface area contributed by atoms with Gasteiger partial charge in [0.05, 0.1) is 18.0 Å². The number of amides is 2. The second-order valence-electron chi connectivity index (χ2n) is 12.3. The molecule has 0 unspecified atom stereocenters. The van der Waals surface area contributed by atoms with E-state index in [2.05, 4.69) is 15.0 Å². The molecule has 12 nitrogen and oxygen atoms in total. The number of likely N-dealkylation sites (tertiary alicyclic amines) is 1. The maximum absolute atomic E-state index is 14.5. The first-order valence-electron chi connectivity index (χ1n) is 15.2. The summed E-state index contributed by atoms with van der Waals surface area (Å²) in [5.41, 5.74) is 1.38. The average Bonchev–Trinajstić information content (AvgIpc) is 3.84. The van der Waals surface area contributed by atoms with Crippen LogP contribution in [0.3, 0.4) is 0 Å². The summed E-state index contributed by atoms with van der Waals surface area (Å²) in [7, 11) is -4.33. The van der Waals surface area contributed by atoms with Crippen LogP contribution in [0.1, 0.15) is 31.7 Å². The summed E-state index contributed by atoms with van der Waals surface area (Å²) >= 11 is 12.7. The number of sulfonamides is 1. The van der Waals surface area contributed by atoms with Crippen LogP contribution in [0.25, 0.3) is 11.1 Å². The standard InChI is InChI=1S/C32H31Cl2N7O5S/c1-32(14-20-4-6-21(7-5-20)22-15-35-19-36-16-22)30(44)40(25-12-23(33)11-24(34)13-25)31-37-17-28(41(31)32)47(45,46)39-9-2-3-27(39)29(43)38-10-8-26(42)18-38/h4-7,11-13,15-17,19,26-27,42H,2-3,8-10,14,18H2,1H3/t26-,27+,32-/m1/s1. The molecule has 0 bridgehead atoms. The molecule has 47 heavy (non-hydrogen) atoms. The Morgan fingerprint density at radius 2 is 1.70 bits per heavy atom. The van der Waals surface area contributed by atoms with Gasteiger partial charge in [0, 0.05) is 54.1 Å². The summed E-state index contributed by atoms with van der Waals surface area (Å²) in [5.74, 6) is -0.657. The molecule has 2 saturated heterocycles. The Bertz CT molecular complexity index is 1950. The van der Waals surface area contributed by atoms with Crippen molar-refractivity contribution < 1.29 is 23.1 Å². The quantitative estimate of drug-likeness (QED) is 0.306. The van der Waals surface area contributed by atoms with Crippen LogP contribution in [0.4, 0.5) is 11.6 Å². The van der Waals surface area contributed by atoms with Gasteiger partial charge < -0.3 is 10.0 Å². The largest absolute Gasteiger partial charge is 0.391 e. The van der Waals surface area contributed by atoms with Crippen molar-refractivity contribution >= 4 is 56.7 Å². The van der Waals surface area contributed by atoms with E-state index >= 15 is 0 Å². The SMILES string of the molecule is C[C@@]1(Cc2ccc(-c3cncnc3)cc2)C(=O)N(c2cc(Cl)cc(Cl)c2)c2ncc(S(=O)(=O)N3CCC[C@H]3C(=O)N3CC[C@@H](O)C3)n21. The lowest BCUT2D eigenvalue weighted by Gasteiger charge is -2.30. The summed E-state index contributed by atoms with van der Waals surface area (Å²) in [6, 6.07) is 11.3. The third-order valence-corrected chi connectivity index (χ3v) is 11.4. The van der Waals surface area contributed by atoms with E-state index in [9.17, 15) is 23.1 Å². The third kappa shape index (κ3) is 5.49. The molecule has 3 aliphatic rings. The van der Waals surface area contributed by atoms with Gasteiger partial charge in [0.25, 0.3) is 15.9 Å². The molecule has 2 amide bonds. The van der Waals surface area contributed by atoms with Crippen LogP contribution in [-0.4, -0.2) is 85.8 Å². The zero-order valence-electron chi connectivity index (χ0n) is 25.3. The Labute approximate surface area is 281 Å². The molecule has 3 aliphatic heterocycles. The number of β-amino-alcohol motifs (C(OH)–C–C–N with tert-alkyl or cyclic N) is 1. The van der Waals surface area contributed by atoms with Crippen molar-refractivity contribution in [1.29, 1.82) is 0 Å². The van der Waals surface area contributed by atoms with E-state index < -0.39 is 33.6 Å². The molecule has 1 N–H and O–H groups in total. The van der Waals surface area contributed by atoms with Crippen LogP contribution in [0.15, 0.2) is 72.4 Å². The zero-order valence-corrected chi connectivity index (χ0v) is 27.7. The number of anilines is 2. The van der Waals surface area contributed by atoms with Crippen molar-refractivity contribution in [2.75, 3.05) is 24.5 Å². The van der Waals surface area contributed by atoms with Crippen molar-refractivity contribution in [2.24, 2.45) is 0 Å². The number of imidazole rings is 1. The smallest absolute Gasteiger partial charge is 0.261 e. The Morgan fingerprint density at radius 1 is 1.00 bits per heavy atom. The summed E-state index contributed by atoms with van der Waals surface area (Å²) in [6.07, 6.45) is 6.90. The minimum atomic E-state index is -4.33. The number of hydrogen-bond acceptors (Lipinski definition) is 8. The molecule has 15 heteroatoms. The first kappa shape index (κ1) is 31.7. The zero-order chi connectivity index (χ0) is 33.1. The maximum Gasteiger partial charge on any atom is 0.261 e. The topological polar surface area (TPSA) is 142 Å². The van der Waals surface area contributed by atoms with E-state index in [1.54, 1.807) is 31.5 Å². The van der Waals surface area contributed by atoms with Crippen LogP contribution < -0.4 is 4.90 Å². The Balaban J connectivity index is 1.30. The Kier molecular flexibility index (Phi) is 8.08. The second kappa shape index (κ2) is 12.0. The first-order valence-corrected chi connectivity index (χ1v) is 17.4. The third-order valence-electron chi connectivity index (χ3n) is 9.11. The molecule has 3 atom stereocenters. The fourth-order valence-corrected chi connectivity index (χ4v) is 9.18. The number of aliphatic hydroxyl groups is 1. The molecule has 4 aromatic rings. The molecular formula is C32H31Cl2N7O5S. The highest BCUT2D eigenvalue weighted by Crippen LogP contribution is 2.45. The number of nitrogens with zero attached hydrogens (tertiary/aromatic N) is 7. The lowest BCUT2D eigenvalue weighted by atomic mass is 9.91. The van der Waals surface area contributed by atoms with Crippen LogP contribution >= 0.6 is 23.2 Å². The van der Waals surface area contributed by atoms with Crippen molar-refractivity contribution in [3.05, 3.63) is 83.0 Å². The number of hydrogen-bond donors (Lipinski definition) is 1. The second-order valence-corrected chi connectivity index (χ2v) is 15.0. The number of aliphatic hydroxyl groups excluding tert-OH is 1. The monoisotopic (exact) mass is 695 g/mol. The molecule has 244 valence electrons. The lowest BCUT2D eigenvalue weighted by Crippen LogP contribution is -2.48. The fourth-order valence-electron chi connectivity index (χ4n) is 6.82. The number of aromatic nitrogens is 4. The molecule has 0 radical (unpaired) electrons. The molecule has 0 spiro atoms. The van der Waals surface area contributed by atoms with Crippen molar-refractivity contribution in [3.63, 3.8) is 0 Å². The van der Waals surface area contributed by atoms with Crippen LogP contribution in [0, 0.1) is 0 Å². The maximum atomic E-state index is 14.5. The number of halogens is 2. The number of carbonyl (C=O) groups excluding carboxylic acids is 2. The van der Waals surface area contributed by atoms with Gasteiger partial charge in [-0.3, -0.25) is 14.2 Å². The normalized spacial score (nSPS) is 23.1. The van der Waals surface area contributed by atoms with Crippen LogP contribution in [-0.2, 0) is 31.6 Å². The minimum absolute atomic E-state index is 0.0946. The summed E-state index contributed by atoms with van der Waals surface area (Å²) in [6.45, 7) is 2.36. The van der Waals surface area contributed by atoms with Crippen molar-refractivity contribution in [3.8, 4) is 11.1 Å². The number of fused-ring (bicyclic) bond motifs is 1. The highest BCUT2D eigenvalue weighted by molar-refractivity contribution is 7.89. The van der Waals surface area contributed by atoms with Gasteiger partial charge >= 0.3 is 0 Å². The Hall–Kier alpha value is -3.88. The Morgan fingerprint density at radius 3 is 2.36 bits per heavy atom. The van der Waals surface area contributed by atoms with Gasteiger partial charge in [-0.1, -0.05) is 47.5 Å². The predicted molar refractivity (Wildman–Crippen MR) is 175 cm³/mol. The number of benzene rings is 2. The molecule has 5 heterocycles. The highest BCUT2D eigenvalue weighted by atomic mass is 35.5. The van der Waals surface area contributed by atoms with Gasteiger partial charge in [0.15, 0.2) is 5.03 Å². The van der Waals surface area contributed by atoms with E-state index in [1.807, 2.05) is 24.3 Å². The van der Waals surface area contributed by atoms with Crippen LogP contribution in [0.2, 0.25) is 10.0 Å². The van der Waals surface area contributed by atoms with Crippen molar-refractivity contribution in [2.45, 2.75) is 55.3 Å². The molecule has 7 rings (SSSR count). The molecule has 2 aromatic heterocycles. The van der Waals surface area contributed by atoms with Gasteiger partial charge in [-0.25, -0.2) is 28.3 Å². The van der Waals surface area contributed by atoms with Crippen molar-refractivity contribution in [1.82, 2.24) is 28.7 Å². The average molecular weight is 697 g/mol. The first-order chi connectivity index (χ1) is 22.5.